The molecule has 1 unspecified atom stereocenters. The third kappa shape index (κ3) is 6.49. The lowest BCUT2D eigenvalue weighted by Gasteiger charge is -2.22. The highest BCUT2D eigenvalue weighted by atomic mass is 127. The molecule has 3 rings (SSSR count). The van der Waals surface area contributed by atoms with E-state index in [-0.39, 0.29) is 30.1 Å². The number of ether oxygens (including phenoxy) is 1. The highest BCUT2D eigenvalue weighted by Gasteiger charge is 2.14. The van der Waals surface area contributed by atoms with Crippen molar-refractivity contribution in [3.63, 3.8) is 0 Å². The van der Waals surface area contributed by atoms with Gasteiger partial charge in [0.05, 0.1) is 6.61 Å². The van der Waals surface area contributed by atoms with Gasteiger partial charge in [-0.2, -0.15) is 0 Å². The Morgan fingerprint density at radius 2 is 1.88 bits per heavy atom. The SMILES string of the molecule is Clc1ccc(C(CNC2=NCCCN2)OCc2ccccc2)cc1.I. The Morgan fingerprint density at radius 1 is 1.12 bits per heavy atom. The second-order valence-electron chi connectivity index (χ2n) is 5.73. The number of nitrogens with zero attached hydrogens (tertiary/aromatic N) is 1. The Kier molecular flexibility index (Phi) is 8.51. The highest BCUT2D eigenvalue weighted by molar-refractivity contribution is 14.0. The summed E-state index contributed by atoms with van der Waals surface area (Å²) >= 11 is 6.00. The Labute approximate surface area is 171 Å². The first-order valence-corrected chi connectivity index (χ1v) is 8.62. The van der Waals surface area contributed by atoms with E-state index in [1.807, 2.05) is 42.5 Å². The van der Waals surface area contributed by atoms with Crippen LogP contribution in [-0.4, -0.2) is 25.6 Å². The maximum atomic E-state index is 6.16. The van der Waals surface area contributed by atoms with E-state index in [4.69, 9.17) is 16.3 Å². The average molecular weight is 472 g/mol. The van der Waals surface area contributed by atoms with E-state index in [1.165, 1.54) is 0 Å². The van der Waals surface area contributed by atoms with Crippen molar-refractivity contribution in [2.24, 2.45) is 4.99 Å². The zero-order chi connectivity index (χ0) is 16.6. The molecule has 0 amide bonds. The van der Waals surface area contributed by atoms with Crippen LogP contribution in [0.4, 0.5) is 0 Å². The molecule has 0 bridgehead atoms. The minimum absolute atomic E-state index is 0. The van der Waals surface area contributed by atoms with Gasteiger partial charge in [0.25, 0.3) is 0 Å². The number of halogens is 2. The van der Waals surface area contributed by atoms with Gasteiger partial charge in [-0.3, -0.25) is 4.99 Å². The lowest BCUT2D eigenvalue weighted by Crippen LogP contribution is -2.42. The molecular weight excluding hydrogens is 449 g/mol. The summed E-state index contributed by atoms with van der Waals surface area (Å²) in [7, 11) is 0. The van der Waals surface area contributed by atoms with E-state index in [2.05, 4.69) is 27.8 Å². The molecule has 2 aromatic rings. The summed E-state index contributed by atoms with van der Waals surface area (Å²) in [5.41, 5.74) is 2.25. The lowest BCUT2D eigenvalue weighted by atomic mass is 10.1. The maximum Gasteiger partial charge on any atom is 0.191 e. The summed E-state index contributed by atoms with van der Waals surface area (Å²) in [6, 6.07) is 18.0. The molecule has 4 nitrogen and oxygen atoms in total. The van der Waals surface area contributed by atoms with Crippen LogP contribution in [-0.2, 0) is 11.3 Å². The number of nitrogens with one attached hydrogen (secondary N) is 2. The zero-order valence-corrected chi connectivity index (χ0v) is 17.0. The molecule has 134 valence electrons. The van der Waals surface area contributed by atoms with Gasteiger partial charge in [-0.1, -0.05) is 54.1 Å². The van der Waals surface area contributed by atoms with Crippen LogP contribution in [0.15, 0.2) is 59.6 Å². The third-order valence-corrected chi connectivity index (χ3v) is 4.14. The van der Waals surface area contributed by atoms with Crippen LogP contribution in [0.5, 0.6) is 0 Å². The number of benzene rings is 2. The van der Waals surface area contributed by atoms with E-state index >= 15 is 0 Å². The molecule has 1 aliphatic heterocycles. The number of guanidine groups is 1. The van der Waals surface area contributed by atoms with Crippen LogP contribution >= 0.6 is 35.6 Å². The van der Waals surface area contributed by atoms with Gasteiger partial charge in [-0.15, -0.1) is 24.0 Å². The Balaban J connectivity index is 0.00000225. The quantitative estimate of drug-likeness (QED) is 0.622. The fourth-order valence-electron chi connectivity index (χ4n) is 2.56. The standard InChI is InChI=1S/C19H22ClN3O.HI/c20-17-9-7-16(8-10-17)18(13-23-19-21-11-4-12-22-19)24-14-15-5-2-1-3-6-15;/h1-3,5-10,18H,4,11-14H2,(H2,21,22,23);1H. The van der Waals surface area contributed by atoms with E-state index in [1.54, 1.807) is 0 Å². The number of hydrogen-bond acceptors (Lipinski definition) is 4. The molecule has 0 aromatic heterocycles. The van der Waals surface area contributed by atoms with Crippen LogP contribution in [0.2, 0.25) is 5.02 Å². The summed E-state index contributed by atoms with van der Waals surface area (Å²) in [6.45, 7) is 3.05. The molecule has 6 heteroatoms. The van der Waals surface area contributed by atoms with Gasteiger partial charge in [0.2, 0.25) is 0 Å². The normalized spacial score (nSPS) is 14.7. The minimum Gasteiger partial charge on any atom is -0.367 e. The van der Waals surface area contributed by atoms with E-state index in [0.717, 1.165) is 41.6 Å². The molecular formula is C19H23ClIN3O. The Bertz CT molecular complexity index is 664. The molecule has 0 aliphatic carbocycles. The van der Waals surface area contributed by atoms with Gasteiger partial charge in [0.1, 0.15) is 6.10 Å². The van der Waals surface area contributed by atoms with Crippen molar-refractivity contribution in [2.75, 3.05) is 19.6 Å². The Hall–Kier alpha value is -1.31. The van der Waals surface area contributed by atoms with Crippen molar-refractivity contribution in [2.45, 2.75) is 19.1 Å². The molecule has 0 saturated carbocycles. The zero-order valence-electron chi connectivity index (χ0n) is 14.0. The predicted octanol–water partition coefficient (Wildman–Crippen LogP) is 4.15. The van der Waals surface area contributed by atoms with Gasteiger partial charge in [0.15, 0.2) is 5.96 Å². The van der Waals surface area contributed by atoms with Crippen molar-refractivity contribution < 1.29 is 4.74 Å². The topological polar surface area (TPSA) is 45.7 Å². The van der Waals surface area contributed by atoms with Crippen LogP contribution in [0.25, 0.3) is 0 Å². The van der Waals surface area contributed by atoms with Crippen molar-refractivity contribution in [1.82, 2.24) is 10.6 Å². The van der Waals surface area contributed by atoms with Crippen molar-refractivity contribution >= 4 is 41.5 Å². The highest BCUT2D eigenvalue weighted by Crippen LogP contribution is 2.21. The van der Waals surface area contributed by atoms with E-state index in [9.17, 15) is 0 Å². The molecule has 2 aromatic carbocycles. The molecule has 0 saturated heterocycles. The van der Waals surface area contributed by atoms with Crippen molar-refractivity contribution in [1.29, 1.82) is 0 Å². The second kappa shape index (κ2) is 10.6. The molecule has 25 heavy (non-hydrogen) atoms. The van der Waals surface area contributed by atoms with Crippen molar-refractivity contribution in [3.05, 3.63) is 70.7 Å². The number of rotatable bonds is 6. The van der Waals surface area contributed by atoms with Gasteiger partial charge in [-0.25, -0.2) is 0 Å². The van der Waals surface area contributed by atoms with E-state index < -0.39 is 0 Å². The fraction of sp³-hybridized carbons (Fsp3) is 0.316. The first-order valence-electron chi connectivity index (χ1n) is 8.24. The van der Waals surface area contributed by atoms with Crippen LogP contribution in [0, 0.1) is 0 Å². The largest absolute Gasteiger partial charge is 0.367 e. The minimum atomic E-state index is -0.0751. The molecule has 0 fully saturated rings. The molecule has 1 heterocycles. The lowest BCUT2D eigenvalue weighted by molar-refractivity contribution is 0.0426. The van der Waals surface area contributed by atoms with Crippen molar-refractivity contribution in [3.8, 4) is 0 Å². The van der Waals surface area contributed by atoms with Crippen LogP contribution in [0.3, 0.4) is 0 Å². The second-order valence-corrected chi connectivity index (χ2v) is 6.16. The smallest absolute Gasteiger partial charge is 0.191 e. The maximum absolute atomic E-state index is 6.16. The van der Waals surface area contributed by atoms with Gasteiger partial charge < -0.3 is 15.4 Å². The molecule has 0 spiro atoms. The third-order valence-electron chi connectivity index (χ3n) is 3.89. The first kappa shape index (κ1) is 20.0. The summed E-state index contributed by atoms with van der Waals surface area (Å²) in [4.78, 5) is 4.45. The summed E-state index contributed by atoms with van der Waals surface area (Å²) in [6.07, 6.45) is 1.00. The molecule has 1 aliphatic rings. The number of aliphatic imine (C=N–C) groups is 1. The summed E-state index contributed by atoms with van der Waals surface area (Å²) < 4.78 is 6.16. The Morgan fingerprint density at radius 3 is 2.56 bits per heavy atom. The first-order chi connectivity index (χ1) is 11.8. The fourth-order valence-corrected chi connectivity index (χ4v) is 2.69. The molecule has 0 radical (unpaired) electrons. The van der Waals surface area contributed by atoms with Gasteiger partial charge >= 0.3 is 0 Å². The molecule has 2 N–H and O–H groups in total. The van der Waals surface area contributed by atoms with Crippen LogP contribution in [0.1, 0.15) is 23.7 Å². The average Bonchev–Trinajstić information content (AvgIpc) is 2.64. The summed E-state index contributed by atoms with van der Waals surface area (Å²) in [5, 5.41) is 7.35. The van der Waals surface area contributed by atoms with E-state index in [0.29, 0.717) is 13.2 Å². The number of hydrogen-bond donors (Lipinski definition) is 2. The van der Waals surface area contributed by atoms with Gasteiger partial charge in [-0.05, 0) is 29.7 Å². The van der Waals surface area contributed by atoms with Crippen LogP contribution < -0.4 is 10.6 Å². The molecule has 1 atom stereocenters. The summed E-state index contributed by atoms with van der Waals surface area (Å²) in [5.74, 6) is 0.850. The monoisotopic (exact) mass is 471 g/mol. The van der Waals surface area contributed by atoms with Gasteiger partial charge in [0, 0.05) is 24.7 Å². The predicted molar refractivity (Wildman–Crippen MR) is 114 cm³/mol.